The maximum atomic E-state index is 13.4. The first-order valence-electron chi connectivity index (χ1n) is 8.95. The van der Waals surface area contributed by atoms with Gasteiger partial charge in [0.05, 0.1) is 5.69 Å². The Bertz CT molecular complexity index is 790. The highest BCUT2D eigenvalue weighted by atomic mass is 16.3. The van der Waals surface area contributed by atoms with E-state index in [1.807, 2.05) is 61.2 Å². The Balaban J connectivity index is 2.14. The number of rotatable bonds is 3. The summed E-state index contributed by atoms with van der Waals surface area (Å²) in [5.41, 5.74) is -0.873. The number of anilines is 1. The Morgan fingerprint density at radius 1 is 1.08 bits per heavy atom. The van der Waals surface area contributed by atoms with E-state index in [-0.39, 0.29) is 6.03 Å². The van der Waals surface area contributed by atoms with Gasteiger partial charge in [0.25, 0.3) is 0 Å². The zero-order valence-electron chi connectivity index (χ0n) is 15.8. The van der Waals surface area contributed by atoms with Crippen molar-refractivity contribution in [1.82, 2.24) is 4.90 Å². The minimum atomic E-state index is -1.24. The van der Waals surface area contributed by atoms with Crippen molar-refractivity contribution in [2.75, 3.05) is 11.4 Å². The van der Waals surface area contributed by atoms with Gasteiger partial charge in [-0.1, -0.05) is 50.2 Å². The molecule has 2 aromatic rings. The lowest BCUT2D eigenvalue weighted by atomic mass is 9.86. The molecule has 3 rings (SSSR count). The Morgan fingerprint density at radius 3 is 2.40 bits per heavy atom. The van der Waals surface area contributed by atoms with Gasteiger partial charge in [0, 0.05) is 23.9 Å². The number of urea groups is 1. The highest BCUT2D eigenvalue weighted by Crippen LogP contribution is 2.41. The molecule has 1 heterocycles. The topological polar surface area (TPSA) is 43.8 Å². The Labute approximate surface area is 150 Å². The molecule has 1 aliphatic rings. The van der Waals surface area contributed by atoms with E-state index in [0.717, 1.165) is 16.5 Å². The molecule has 1 atom stereocenters. The molecule has 1 N–H and O–H groups in total. The second-order valence-electron chi connectivity index (χ2n) is 8.33. The summed E-state index contributed by atoms with van der Waals surface area (Å²) in [5.74, 6) is 0.362. The highest BCUT2D eigenvalue weighted by molar-refractivity contribution is 6.04. The molecule has 0 unspecified atom stereocenters. The quantitative estimate of drug-likeness (QED) is 0.886. The van der Waals surface area contributed by atoms with Crippen molar-refractivity contribution < 1.29 is 9.90 Å². The fourth-order valence-electron chi connectivity index (χ4n) is 4.04. The summed E-state index contributed by atoms with van der Waals surface area (Å²) >= 11 is 0. The molecule has 25 heavy (non-hydrogen) atoms. The summed E-state index contributed by atoms with van der Waals surface area (Å²) in [7, 11) is 0. The number of benzene rings is 2. The standard InChI is InChI=1S/C21H28N2O2/c1-15(2)13-22-19(24)23(21(5,25)14-20(22,3)4)18-12-8-10-16-9-6-7-11-17(16)18/h6-12,15,25H,13-14H2,1-5H3/t21-/m0/s1. The van der Waals surface area contributed by atoms with Crippen LogP contribution in [0.5, 0.6) is 0 Å². The van der Waals surface area contributed by atoms with Gasteiger partial charge in [0.2, 0.25) is 0 Å². The second kappa shape index (κ2) is 6.03. The molecular weight excluding hydrogens is 312 g/mol. The number of hydrogen-bond donors (Lipinski definition) is 1. The minimum Gasteiger partial charge on any atom is -0.371 e. The fourth-order valence-corrected chi connectivity index (χ4v) is 4.04. The third-order valence-electron chi connectivity index (χ3n) is 4.96. The lowest BCUT2D eigenvalue weighted by Crippen LogP contribution is -2.68. The van der Waals surface area contributed by atoms with Crippen molar-refractivity contribution in [1.29, 1.82) is 0 Å². The number of aliphatic hydroxyl groups is 1. The van der Waals surface area contributed by atoms with E-state index in [1.165, 1.54) is 0 Å². The van der Waals surface area contributed by atoms with Gasteiger partial charge in [-0.2, -0.15) is 0 Å². The van der Waals surface area contributed by atoms with Crippen LogP contribution in [0.1, 0.15) is 41.0 Å². The van der Waals surface area contributed by atoms with Crippen molar-refractivity contribution in [3.63, 3.8) is 0 Å². The molecule has 0 aliphatic carbocycles. The van der Waals surface area contributed by atoms with Gasteiger partial charge in [-0.3, -0.25) is 4.90 Å². The molecule has 4 heteroatoms. The van der Waals surface area contributed by atoms with E-state index in [2.05, 4.69) is 13.8 Å². The predicted octanol–water partition coefficient (Wildman–Crippen LogP) is 4.62. The van der Waals surface area contributed by atoms with E-state index in [0.29, 0.717) is 18.9 Å². The first-order chi connectivity index (χ1) is 11.6. The van der Waals surface area contributed by atoms with Crippen LogP contribution in [0, 0.1) is 5.92 Å². The number of hydrogen-bond acceptors (Lipinski definition) is 2. The third kappa shape index (κ3) is 3.11. The smallest absolute Gasteiger partial charge is 0.327 e. The molecule has 1 aliphatic heterocycles. The molecule has 2 amide bonds. The number of nitrogens with zero attached hydrogens (tertiary/aromatic N) is 2. The van der Waals surface area contributed by atoms with Crippen molar-refractivity contribution in [3.05, 3.63) is 42.5 Å². The van der Waals surface area contributed by atoms with Gasteiger partial charge in [0.1, 0.15) is 5.72 Å². The summed E-state index contributed by atoms with van der Waals surface area (Å²) in [6.07, 6.45) is 0.488. The summed E-state index contributed by atoms with van der Waals surface area (Å²) in [6.45, 7) is 10.7. The van der Waals surface area contributed by atoms with Crippen LogP contribution in [0.3, 0.4) is 0 Å². The maximum absolute atomic E-state index is 13.4. The summed E-state index contributed by atoms with van der Waals surface area (Å²) < 4.78 is 0. The first kappa shape index (κ1) is 17.7. The largest absolute Gasteiger partial charge is 0.371 e. The van der Waals surface area contributed by atoms with Crippen molar-refractivity contribution >= 4 is 22.5 Å². The van der Waals surface area contributed by atoms with Crippen LogP contribution in [-0.4, -0.2) is 33.8 Å². The van der Waals surface area contributed by atoms with E-state index in [1.54, 1.807) is 11.8 Å². The van der Waals surface area contributed by atoms with Crippen molar-refractivity contribution in [3.8, 4) is 0 Å². The summed E-state index contributed by atoms with van der Waals surface area (Å²) in [5, 5.41) is 13.2. The van der Waals surface area contributed by atoms with Crippen LogP contribution in [0.25, 0.3) is 10.8 Å². The van der Waals surface area contributed by atoms with Gasteiger partial charge in [-0.15, -0.1) is 0 Å². The average molecular weight is 340 g/mol. The molecule has 0 radical (unpaired) electrons. The minimum absolute atomic E-state index is 0.133. The lowest BCUT2D eigenvalue weighted by molar-refractivity contribution is -0.0278. The number of amides is 2. The normalized spacial score (nSPS) is 23.6. The number of carbonyl (C=O) groups excluding carboxylic acids is 1. The zero-order valence-corrected chi connectivity index (χ0v) is 15.8. The molecule has 0 aromatic heterocycles. The number of carbonyl (C=O) groups is 1. The van der Waals surface area contributed by atoms with Gasteiger partial charge in [-0.05, 0) is 38.1 Å². The van der Waals surface area contributed by atoms with Gasteiger partial charge >= 0.3 is 6.03 Å². The molecule has 1 saturated heterocycles. The SMILES string of the molecule is CC(C)CN1C(=O)N(c2cccc3ccccc23)[C@@](C)(O)CC1(C)C. The van der Waals surface area contributed by atoms with Crippen LogP contribution < -0.4 is 4.90 Å². The maximum Gasteiger partial charge on any atom is 0.327 e. The monoisotopic (exact) mass is 340 g/mol. The van der Waals surface area contributed by atoms with Crippen LogP contribution in [-0.2, 0) is 0 Å². The van der Waals surface area contributed by atoms with Gasteiger partial charge < -0.3 is 10.0 Å². The molecule has 0 bridgehead atoms. The molecule has 2 aromatic carbocycles. The van der Waals surface area contributed by atoms with E-state index in [9.17, 15) is 9.90 Å². The lowest BCUT2D eigenvalue weighted by Gasteiger charge is -2.54. The Hall–Kier alpha value is -2.07. The summed E-state index contributed by atoms with van der Waals surface area (Å²) in [6, 6.07) is 13.7. The third-order valence-corrected chi connectivity index (χ3v) is 4.96. The van der Waals surface area contributed by atoms with E-state index in [4.69, 9.17) is 0 Å². The predicted molar refractivity (Wildman–Crippen MR) is 103 cm³/mol. The first-order valence-corrected chi connectivity index (χ1v) is 8.95. The summed E-state index contributed by atoms with van der Waals surface area (Å²) in [4.78, 5) is 16.9. The molecule has 0 saturated carbocycles. The van der Waals surface area contributed by atoms with Crippen LogP contribution in [0.4, 0.5) is 10.5 Å². The van der Waals surface area contributed by atoms with E-state index < -0.39 is 11.3 Å². The fraction of sp³-hybridized carbons (Fsp3) is 0.476. The van der Waals surface area contributed by atoms with Crippen LogP contribution in [0.15, 0.2) is 42.5 Å². The molecule has 134 valence electrons. The Morgan fingerprint density at radius 2 is 1.72 bits per heavy atom. The zero-order chi connectivity index (χ0) is 18.4. The van der Waals surface area contributed by atoms with E-state index >= 15 is 0 Å². The van der Waals surface area contributed by atoms with Crippen LogP contribution >= 0.6 is 0 Å². The molecule has 0 spiro atoms. The molecule has 4 nitrogen and oxygen atoms in total. The average Bonchev–Trinajstić information content (AvgIpc) is 2.50. The van der Waals surface area contributed by atoms with Gasteiger partial charge in [0.15, 0.2) is 0 Å². The van der Waals surface area contributed by atoms with Gasteiger partial charge in [-0.25, -0.2) is 4.79 Å². The van der Waals surface area contributed by atoms with Crippen molar-refractivity contribution in [2.24, 2.45) is 5.92 Å². The van der Waals surface area contributed by atoms with Crippen molar-refractivity contribution in [2.45, 2.75) is 52.3 Å². The number of fused-ring (bicyclic) bond motifs is 1. The highest BCUT2D eigenvalue weighted by Gasteiger charge is 2.50. The Kier molecular flexibility index (Phi) is 4.28. The second-order valence-corrected chi connectivity index (χ2v) is 8.33. The van der Waals surface area contributed by atoms with Crippen LogP contribution in [0.2, 0.25) is 0 Å². The molecule has 1 fully saturated rings. The molecular formula is C21H28N2O2.